The Labute approximate surface area is 206 Å². The summed E-state index contributed by atoms with van der Waals surface area (Å²) < 4.78 is 1.37. The first-order valence-electron chi connectivity index (χ1n) is 11.1. The molecular formula is C25H25Cl2N3O4. The number of aromatic amines is 1. The highest BCUT2D eigenvalue weighted by Crippen LogP contribution is 2.41. The zero-order valence-corrected chi connectivity index (χ0v) is 19.9. The highest BCUT2D eigenvalue weighted by atomic mass is 35.5. The molecule has 0 unspecified atom stereocenters. The first kappa shape index (κ1) is 24.3. The summed E-state index contributed by atoms with van der Waals surface area (Å²) in [5, 5.41) is 13.3. The second-order valence-corrected chi connectivity index (χ2v) is 9.31. The topological polar surface area (TPSA) is 95.4 Å². The summed E-state index contributed by atoms with van der Waals surface area (Å²) in [4.78, 5) is 40.3. The van der Waals surface area contributed by atoms with Crippen molar-refractivity contribution in [1.29, 1.82) is 0 Å². The molecule has 4 rings (SSSR count). The van der Waals surface area contributed by atoms with Crippen LogP contribution in [0.4, 0.5) is 0 Å². The van der Waals surface area contributed by atoms with Gasteiger partial charge < -0.3 is 14.6 Å². The molecule has 3 aromatic rings. The third-order valence-electron chi connectivity index (χ3n) is 6.31. The van der Waals surface area contributed by atoms with Crippen LogP contribution in [-0.4, -0.2) is 38.1 Å². The Kier molecular flexibility index (Phi) is 7.26. The molecule has 34 heavy (non-hydrogen) atoms. The van der Waals surface area contributed by atoms with Crippen molar-refractivity contribution in [3.05, 3.63) is 103 Å². The molecule has 2 aromatic carbocycles. The van der Waals surface area contributed by atoms with Crippen molar-refractivity contribution >= 4 is 29.1 Å². The van der Waals surface area contributed by atoms with Gasteiger partial charge in [-0.05, 0) is 54.7 Å². The van der Waals surface area contributed by atoms with Gasteiger partial charge in [0.25, 0.3) is 5.56 Å². The first-order chi connectivity index (χ1) is 16.3. The van der Waals surface area contributed by atoms with Crippen molar-refractivity contribution in [3.8, 4) is 0 Å². The van der Waals surface area contributed by atoms with Crippen LogP contribution < -0.4 is 11.2 Å². The number of nitrogens with zero attached hydrogens (tertiary/aromatic N) is 2. The summed E-state index contributed by atoms with van der Waals surface area (Å²) in [5.74, 6) is -0.0960. The Morgan fingerprint density at radius 1 is 1.00 bits per heavy atom. The molecular weight excluding hydrogens is 477 g/mol. The van der Waals surface area contributed by atoms with Crippen LogP contribution in [0.1, 0.15) is 36.8 Å². The molecule has 0 radical (unpaired) electrons. The number of amides is 1. The fourth-order valence-corrected chi connectivity index (χ4v) is 4.88. The molecule has 0 bridgehead atoms. The lowest BCUT2D eigenvalue weighted by Gasteiger charge is -2.40. The maximum atomic E-state index is 13.2. The van der Waals surface area contributed by atoms with Crippen LogP contribution >= 0.6 is 23.2 Å². The highest BCUT2D eigenvalue weighted by molar-refractivity contribution is 6.30. The molecule has 1 aliphatic heterocycles. The number of nitrogens with one attached hydrogen (secondary N) is 1. The van der Waals surface area contributed by atoms with E-state index in [1.165, 1.54) is 16.8 Å². The number of aryl methyl sites for hydroxylation is 1. The molecule has 2 N–H and O–H groups in total. The molecule has 2 heterocycles. The predicted octanol–water partition coefficient (Wildman–Crippen LogP) is 3.55. The summed E-state index contributed by atoms with van der Waals surface area (Å²) in [6.07, 6.45) is 3.45. The van der Waals surface area contributed by atoms with Crippen LogP contribution in [-0.2, 0) is 16.9 Å². The molecule has 1 amide bonds. The van der Waals surface area contributed by atoms with Crippen molar-refractivity contribution in [2.75, 3.05) is 6.54 Å². The van der Waals surface area contributed by atoms with Crippen LogP contribution in [0, 0.1) is 0 Å². The lowest BCUT2D eigenvalue weighted by atomic mass is 9.79. The van der Waals surface area contributed by atoms with Crippen molar-refractivity contribution in [3.63, 3.8) is 0 Å². The third kappa shape index (κ3) is 4.97. The largest absolute Gasteiger partial charge is 0.378 e. The molecule has 9 heteroatoms. The maximum Gasteiger partial charge on any atom is 0.328 e. The van der Waals surface area contributed by atoms with E-state index in [-0.39, 0.29) is 12.3 Å². The number of benzene rings is 2. The summed E-state index contributed by atoms with van der Waals surface area (Å²) in [5.41, 5.74) is -1.12. The minimum absolute atomic E-state index is 0.0960. The fraction of sp³-hybridized carbons (Fsp3) is 0.320. The quantitative estimate of drug-likeness (QED) is 0.517. The number of likely N-dealkylation sites (tertiary alicyclic amines) is 1. The number of aliphatic hydroxyl groups is 1. The zero-order valence-electron chi connectivity index (χ0n) is 18.4. The average molecular weight is 502 g/mol. The Hall–Kier alpha value is -2.87. The van der Waals surface area contributed by atoms with Crippen LogP contribution in [0.3, 0.4) is 0 Å². The van der Waals surface area contributed by atoms with E-state index in [2.05, 4.69) is 4.98 Å². The Balaban J connectivity index is 1.58. The number of carbonyl (C=O) groups excluding carboxylic acids is 1. The minimum Gasteiger partial charge on any atom is -0.378 e. The lowest BCUT2D eigenvalue weighted by Crippen LogP contribution is -2.50. The molecule has 1 aromatic heterocycles. The van der Waals surface area contributed by atoms with Crippen molar-refractivity contribution < 1.29 is 9.90 Å². The van der Waals surface area contributed by atoms with Crippen LogP contribution in [0.25, 0.3) is 0 Å². The average Bonchev–Trinajstić information content (AvgIpc) is 3.31. The van der Waals surface area contributed by atoms with Gasteiger partial charge in [-0.25, -0.2) is 4.79 Å². The van der Waals surface area contributed by atoms with Crippen molar-refractivity contribution in [2.24, 2.45) is 0 Å². The van der Waals surface area contributed by atoms with E-state index in [1.54, 1.807) is 53.4 Å². The smallest absolute Gasteiger partial charge is 0.328 e. The summed E-state index contributed by atoms with van der Waals surface area (Å²) in [6, 6.07) is 14.8. The summed E-state index contributed by atoms with van der Waals surface area (Å²) >= 11 is 12.2. The van der Waals surface area contributed by atoms with E-state index in [0.717, 1.165) is 6.42 Å². The van der Waals surface area contributed by atoms with Crippen molar-refractivity contribution in [1.82, 2.24) is 14.5 Å². The number of carbonyl (C=O) groups is 1. The summed E-state index contributed by atoms with van der Waals surface area (Å²) in [6.45, 7) is 0.837. The normalized spacial score (nSPS) is 16.1. The molecule has 1 saturated heterocycles. The van der Waals surface area contributed by atoms with Crippen LogP contribution in [0.15, 0.2) is 70.4 Å². The molecule has 0 aliphatic carbocycles. The molecule has 1 atom stereocenters. The zero-order chi connectivity index (χ0) is 24.3. The van der Waals surface area contributed by atoms with Crippen molar-refractivity contribution in [2.45, 2.75) is 43.9 Å². The molecule has 7 nitrogen and oxygen atoms in total. The SMILES string of the molecule is O=C(CCCn1ccc(=O)[nH]c1=O)N1CCC[C@H]1C(O)(c1ccc(Cl)cc1)c1ccc(Cl)cc1. The van der Waals surface area contributed by atoms with E-state index in [4.69, 9.17) is 23.2 Å². The van der Waals surface area contributed by atoms with E-state index in [1.807, 2.05) is 0 Å². The second kappa shape index (κ2) is 10.2. The van der Waals surface area contributed by atoms with E-state index in [0.29, 0.717) is 47.1 Å². The summed E-state index contributed by atoms with van der Waals surface area (Å²) in [7, 11) is 0. The molecule has 1 fully saturated rings. The van der Waals surface area contributed by atoms with Gasteiger partial charge in [-0.3, -0.25) is 14.6 Å². The Bertz CT molecular complexity index is 1220. The number of H-pyrrole nitrogens is 1. The minimum atomic E-state index is -1.45. The number of hydrogen-bond acceptors (Lipinski definition) is 4. The molecule has 178 valence electrons. The highest BCUT2D eigenvalue weighted by Gasteiger charge is 2.46. The van der Waals surface area contributed by atoms with Gasteiger partial charge >= 0.3 is 5.69 Å². The number of aromatic nitrogens is 2. The van der Waals surface area contributed by atoms with Gasteiger partial charge in [0.1, 0.15) is 5.60 Å². The second-order valence-electron chi connectivity index (χ2n) is 8.43. The van der Waals surface area contributed by atoms with Gasteiger partial charge in [0.15, 0.2) is 0 Å². The van der Waals surface area contributed by atoms with Gasteiger partial charge in [0.05, 0.1) is 6.04 Å². The molecule has 0 spiro atoms. The standard InChI is InChI=1S/C25H25Cl2N3O4/c26-19-9-5-17(6-10-19)25(34,18-7-11-20(27)12-8-18)21-3-1-15-30(21)23(32)4-2-14-29-16-13-22(31)28-24(29)33/h5-13,16,21,34H,1-4,14-15H2,(H,28,31,33)/t21-/m0/s1. The Morgan fingerprint density at radius 2 is 1.59 bits per heavy atom. The lowest BCUT2D eigenvalue weighted by molar-refractivity contribution is -0.136. The van der Waals surface area contributed by atoms with Gasteiger partial charge in [0.2, 0.25) is 5.91 Å². The van der Waals surface area contributed by atoms with E-state index in [9.17, 15) is 19.5 Å². The van der Waals surface area contributed by atoms with E-state index < -0.39 is 22.9 Å². The van der Waals surface area contributed by atoms with E-state index >= 15 is 0 Å². The van der Waals surface area contributed by atoms with Gasteiger partial charge in [-0.15, -0.1) is 0 Å². The monoisotopic (exact) mass is 501 g/mol. The number of halogens is 2. The fourth-order valence-electron chi connectivity index (χ4n) is 4.62. The van der Waals surface area contributed by atoms with Gasteiger partial charge in [-0.2, -0.15) is 0 Å². The molecule has 0 saturated carbocycles. The molecule has 1 aliphatic rings. The van der Waals surface area contributed by atoms with Gasteiger partial charge in [0, 0.05) is 41.8 Å². The number of rotatable bonds is 7. The van der Waals surface area contributed by atoms with Crippen LogP contribution in [0.2, 0.25) is 10.0 Å². The van der Waals surface area contributed by atoms with Crippen LogP contribution in [0.5, 0.6) is 0 Å². The number of hydrogen-bond donors (Lipinski definition) is 2. The third-order valence-corrected chi connectivity index (χ3v) is 6.81. The first-order valence-corrected chi connectivity index (χ1v) is 11.9. The maximum absolute atomic E-state index is 13.2. The Morgan fingerprint density at radius 3 is 2.15 bits per heavy atom. The van der Waals surface area contributed by atoms with Gasteiger partial charge in [-0.1, -0.05) is 47.5 Å². The predicted molar refractivity (Wildman–Crippen MR) is 131 cm³/mol.